The van der Waals surface area contributed by atoms with Gasteiger partial charge in [0.05, 0.1) is 30.9 Å². The van der Waals surface area contributed by atoms with E-state index in [9.17, 15) is 14.4 Å². The van der Waals surface area contributed by atoms with Crippen molar-refractivity contribution in [3.05, 3.63) is 57.0 Å². The van der Waals surface area contributed by atoms with Crippen LogP contribution in [0.5, 0.6) is 5.75 Å². The lowest BCUT2D eigenvalue weighted by Crippen LogP contribution is -2.51. The molecule has 0 unspecified atom stereocenters. The number of hydrogen-bond donors (Lipinski definition) is 0. The van der Waals surface area contributed by atoms with E-state index in [2.05, 4.69) is 31.9 Å². The van der Waals surface area contributed by atoms with Crippen LogP contribution in [0.4, 0.5) is 10.5 Å². The van der Waals surface area contributed by atoms with Gasteiger partial charge in [0.2, 0.25) is 0 Å². The first-order valence-electron chi connectivity index (χ1n) is 10.3. The monoisotopic (exact) mass is 562 g/mol. The summed E-state index contributed by atoms with van der Waals surface area (Å²) < 4.78 is 13.0. The Morgan fingerprint density at radius 3 is 2.53 bits per heavy atom. The Hall–Kier alpha value is -2.39. The van der Waals surface area contributed by atoms with Gasteiger partial charge in [-0.05, 0) is 56.3 Å². The molecule has 0 aromatic heterocycles. The van der Waals surface area contributed by atoms with Gasteiger partial charge in [0.1, 0.15) is 11.3 Å². The van der Waals surface area contributed by atoms with Gasteiger partial charge in [-0.15, -0.1) is 0 Å². The summed E-state index contributed by atoms with van der Waals surface area (Å²) >= 11 is 6.87. The topological polar surface area (TPSA) is 76.2 Å². The summed E-state index contributed by atoms with van der Waals surface area (Å²) in [7, 11) is 0. The molecule has 3 amide bonds. The maximum absolute atomic E-state index is 13.8. The molecule has 9 heteroatoms. The smallest absolute Gasteiger partial charge is 0.332 e. The van der Waals surface area contributed by atoms with Crippen molar-refractivity contribution < 1.29 is 23.9 Å². The Kier molecular flexibility index (Phi) is 5.09. The fraction of sp³-hybridized carbons (Fsp3) is 0.348. The number of halogens is 2. The number of benzene rings is 2. The van der Waals surface area contributed by atoms with Crippen molar-refractivity contribution in [2.75, 3.05) is 18.1 Å². The summed E-state index contributed by atoms with van der Waals surface area (Å²) in [5, 5.41) is 0. The first-order chi connectivity index (χ1) is 15.3. The molecule has 2 fully saturated rings. The van der Waals surface area contributed by atoms with E-state index in [-0.39, 0.29) is 13.2 Å². The van der Waals surface area contributed by atoms with E-state index in [1.807, 2.05) is 18.2 Å². The molecule has 2 saturated heterocycles. The summed E-state index contributed by atoms with van der Waals surface area (Å²) in [6.07, 6.45) is 0. The van der Waals surface area contributed by atoms with Crippen LogP contribution >= 0.6 is 31.9 Å². The third kappa shape index (κ3) is 2.86. The van der Waals surface area contributed by atoms with E-state index >= 15 is 0 Å². The third-order valence-corrected chi connectivity index (χ3v) is 7.62. The van der Waals surface area contributed by atoms with Crippen LogP contribution in [0.15, 0.2) is 51.4 Å². The number of anilines is 1. The number of carbonyl (C=O) groups excluding carboxylic acids is 3. The van der Waals surface area contributed by atoms with E-state index in [4.69, 9.17) is 9.47 Å². The summed E-state index contributed by atoms with van der Waals surface area (Å²) in [5.41, 5.74) is -0.161. The number of amides is 3. The molecule has 0 spiro atoms. The highest BCUT2D eigenvalue weighted by atomic mass is 79.9. The number of imide groups is 1. The van der Waals surface area contributed by atoms with Crippen LogP contribution < -0.4 is 9.64 Å². The predicted octanol–water partition coefficient (Wildman–Crippen LogP) is 4.68. The standard InChI is InChI=1S/C23H20Br2N2O5/c1-3-31-20(28)18-16-11-32-17-9-6-13(25)10-15(17)19(16)27-22(30)26(21(29)23(18,27)2)14-7-4-12(24)5-8-14/h4-10,16,18-19H,3,11H2,1-2H3/t16-,18+,19-,23+/m1/s1. The first-order valence-corrected chi connectivity index (χ1v) is 11.9. The molecule has 0 aliphatic carbocycles. The van der Waals surface area contributed by atoms with Crippen LogP contribution in [0.2, 0.25) is 0 Å². The second-order valence-electron chi connectivity index (χ2n) is 8.25. The van der Waals surface area contributed by atoms with Gasteiger partial charge < -0.3 is 14.4 Å². The van der Waals surface area contributed by atoms with Gasteiger partial charge in [0.15, 0.2) is 0 Å². The predicted molar refractivity (Wildman–Crippen MR) is 123 cm³/mol. The maximum Gasteiger partial charge on any atom is 0.332 e. The molecule has 166 valence electrons. The molecular weight excluding hydrogens is 544 g/mol. The average Bonchev–Trinajstić information content (AvgIpc) is 3.14. The Labute approximate surface area is 201 Å². The van der Waals surface area contributed by atoms with E-state index in [1.165, 1.54) is 4.90 Å². The van der Waals surface area contributed by atoms with Crippen molar-refractivity contribution in [1.82, 2.24) is 4.90 Å². The van der Waals surface area contributed by atoms with Crippen LogP contribution in [0.25, 0.3) is 0 Å². The van der Waals surface area contributed by atoms with Gasteiger partial charge in [-0.1, -0.05) is 31.9 Å². The maximum atomic E-state index is 13.8. The Morgan fingerprint density at radius 1 is 1.16 bits per heavy atom. The summed E-state index contributed by atoms with van der Waals surface area (Å²) in [6.45, 7) is 3.80. The summed E-state index contributed by atoms with van der Waals surface area (Å²) in [6, 6.07) is 11.6. The van der Waals surface area contributed by atoms with E-state index < -0.39 is 41.3 Å². The lowest BCUT2D eigenvalue weighted by atomic mass is 9.77. The molecule has 32 heavy (non-hydrogen) atoms. The highest BCUT2D eigenvalue weighted by Crippen LogP contribution is 2.58. The lowest BCUT2D eigenvalue weighted by molar-refractivity contribution is -0.154. The molecule has 7 nitrogen and oxygen atoms in total. The van der Waals surface area contributed by atoms with Gasteiger partial charge in [-0.25, -0.2) is 9.69 Å². The number of rotatable bonds is 3. The Bertz CT molecular complexity index is 1140. The van der Waals surface area contributed by atoms with Crippen molar-refractivity contribution >= 4 is 55.5 Å². The van der Waals surface area contributed by atoms with Crippen LogP contribution in [0.3, 0.4) is 0 Å². The van der Waals surface area contributed by atoms with Crippen molar-refractivity contribution in [2.45, 2.75) is 25.4 Å². The highest BCUT2D eigenvalue weighted by molar-refractivity contribution is 9.10. The van der Waals surface area contributed by atoms with Crippen molar-refractivity contribution in [1.29, 1.82) is 0 Å². The largest absolute Gasteiger partial charge is 0.493 e. The molecule has 0 radical (unpaired) electrons. The molecule has 0 bridgehead atoms. The number of urea groups is 1. The molecule has 5 rings (SSSR count). The van der Waals surface area contributed by atoms with Crippen molar-refractivity contribution in [2.24, 2.45) is 11.8 Å². The number of carbonyl (C=O) groups is 3. The number of ether oxygens (including phenoxy) is 2. The van der Waals surface area contributed by atoms with Crippen molar-refractivity contribution in [3.8, 4) is 5.75 Å². The van der Waals surface area contributed by atoms with Gasteiger partial charge in [0.25, 0.3) is 5.91 Å². The second-order valence-corrected chi connectivity index (χ2v) is 10.1. The molecule has 2 aromatic rings. The fourth-order valence-corrected chi connectivity index (χ4v) is 5.93. The highest BCUT2D eigenvalue weighted by Gasteiger charge is 2.72. The van der Waals surface area contributed by atoms with Crippen LogP contribution in [0.1, 0.15) is 25.5 Å². The van der Waals surface area contributed by atoms with Crippen LogP contribution in [-0.2, 0) is 14.3 Å². The van der Waals surface area contributed by atoms with Crippen LogP contribution in [0, 0.1) is 11.8 Å². The van der Waals surface area contributed by atoms with Gasteiger partial charge in [0, 0.05) is 20.4 Å². The fourth-order valence-electron chi connectivity index (χ4n) is 5.28. The molecule has 3 aliphatic heterocycles. The molecular formula is C23H20Br2N2O5. The quantitative estimate of drug-likeness (QED) is 0.400. The van der Waals surface area contributed by atoms with Gasteiger partial charge in [-0.3, -0.25) is 9.59 Å². The number of hydrogen-bond acceptors (Lipinski definition) is 5. The summed E-state index contributed by atoms with van der Waals surface area (Å²) in [4.78, 5) is 43.5. The van der Waals surface area contributed by atoms with E-state index in [0.29, 0.717) is 11.4 Å². The van der Waals surface area contributed by atoms with Gasteiger partial charge in [-0.2, -0.15) is 0 Å². The normalized spacial score (nSPS) is 28.2. The van der Waals surface area contributed by atoms with Gasteiger partial charge >= 0.3 is 12.0 Å². The zero-order valence-electron chi connectivity index (χ0n) is 17.4. The first kappa shape index (κ1) is 21.5. The number of esters is 1. The third-order valence-electron chi connectivity index (χ3n) is 6.60. The Morgan fingerprint density at radius 2 is 1.84 bits per heavy atom. The number of nitrogens with zero attached hydrogens (tertiary/aromatic N) is 2. The molecule has 0 N–H and O–H groups in total. The van der Waals surface area contributed by atoms with E-state index in [0.717, 1.165) is 14.5 Å². The van der Waals surface area contributed by atoms with Crippen LogP contribution in [-0.4, -0.2) is 41.6 Å². The molecule has 3 heterocycles. The minimum Gasteiger partial charge on any atom is -0.493 e. The van der Waals surface area contributed by atoms with Crippen molar-refractivity contribution in [3.63, 3.8) is 0 Å². The summed E-state index contributed by atoms with van der Waals surface area (Å²) in [5.74, 6) is -1.54. The zero-order chi connectivity index (χ0) is 22.8. The second kappa shape index (κ2) is 7.59. The molecule has 0 saturated carbocycles. The Balaban J connectivity index is 1.69. The molecule has 2 aromatic carbocycles. The molecule has 4 atom stereocenters. The minimum absolute atomic E-state index is 0.185. The lowest BCUT2D eigenvalue weighted by Gasteiger charge is -2.34. The van der Waals surface area contributed by atoms with E-state index in [1.54, 1.807) is 43.0 Å². The zero-order valence-corrected chi connectivity index (χ0v) is 20.6. The average molecular weight is 564 g/mol. The minimum atomic E-state index is -1.39. The number of fused-ring (bicyclic) bond motifs is 5. The molecule has 3 aliphatic rings. The SMILES string of the molecule is CCOC(=O)[C@@H]1[C@H]2COc3ccc(Br)cc3[C@H]2N2C(=O)N(c3ccc(Br)cc3)C(=O)[C@]12C.